The van der Waals surface area contributed by atoms with E-state index in [1.807, 2.05) is 0 Å². The van der Waals surface area contributed by atoms with Crippen LogP contribution in [-0.4, -0.2) is 12.1 Å². The summed E-state index contributed by atoms with van der Waals surface area (Å²) in [4.78, 5) is 11.4. The normalized spacial score (nSPS) is 47.5. The molecule has 2 nitrogen and oxygen atoms in total. The van der Waals surface area contributed by atoms with Crippen molar-refractivity contribution in [3.8, 4) is 0 Å². The Morgan fingerprint density at radius 2 is 2.00 bits per heavy atom. The molecule has 2 heteroatoms. The predicted molar refractivity (Wildman–Crippen MR) is 101 cm³/mol. The van der Waals surface area contributed by atoms with Crippen LogP contribution in [-0.2, 0) is 9.53 Å². The fourth-order valence-corrected chi connectivity index (χ4v) is 7.16. The third-order valence-corrected chi connectivity index (χ3v) is 8.51. The van der Waals surface area contributed by atoms with Crippen LogP contribution in [0.3, 0.4) is 0 Å². The summed E-state index contributed by atoms with van der Waals surface area (Å²) < 4.78 is 5.57. The summed E-state index contributed by atoms with van der Waals surface area (Å²) in [6.07, 6.45) is 15.1. The predicted octanol–water partition coefficient (Wildman–Crippen LogP) is 5.83. The Labute approximate surface area is 153 Å². The van der Waals surface area contributed by atoms with Crippen molar-refractivity contribution in [2.75, 3.05) is 0 Å². The fourth-order valence-electron chi connectivity index (χ4n) is 7.16. The third kappa shape index (κ3) is 2.54. The lowest BCUT2D eigenvalue weighted by Gasteiger charge is -2.56. The molecule has 0 amide bonds. The highest BCUT2D eigenvalue weighted by molar-refractivity contribution is 5.66. The van der Waals surface area contributed by atoms with E-state index in [1.54, 1.807) is 18.1 Å². The maximum Gasteiger partial charge on any atom is 0.302 e. The topological polar surface area (TPSA) is 26.3 Å². The SMILES string of the molecule is CC=C1CCC2C3CCC4CC(OC(C)=O)CCC4(C)C3=CCC12C. The number of ether oxygens (including phenoxy) is 1. The average Bonchev–Trinajstić information content (AvgIpc) is 2.91. The highest BCUT2D eigenvalue weighted by Gasteiger charge is 2.55. The molecule has 6 atom stereocenters. The standard InChI is InChI=1S/C23H34O2/c1-5-16-7-9-20-19-8-6-17-14-18(25-15(2)24)10-12-23(17,4)21(19)11-13-22(16,20)3/h5,11,17-20H,6-10,12-14H2,1-4H3. The number of hydrogen-bond donors (Lipinski definition) is 0. The van der Waals surface area contributed by atoms with Gasteiger partial charge in [-0.15, -0.1) is 0 Å². The van der Waals surface area contributed by atoms with Gasteiger partial charge in [-0.1, -0.05) is 37.1 Å². The van der Waals surface area contributed by atoms with Crippen molar-refractivity contribution in [1.29, 1.82) is 0 Å². The van der Waals surface area contributed by atoms with Gasteiger partial charge in [-0.2, -0.15) is 0 Å². The molecule has 4 rings (SSSR count). The third-order valence-electron chi connectivity index (χ3n) is 8.51. The molecule has 0 radical (unpaired) electrons. The first-order valence-corrected chi connectivity index (χ1v) is 10.4. The summed E-state index contributed by atoms with van der Waals surface area (Å²) in [5, 5.41) is 0. The van der Waals surface area contributed by atoms with E-state index in [0.717, 1.165) is 24.7 Å². The highest BCUT2D eigenvalue weighted by atomic mass is 16.5. The summed E-state index contributed by atoms with van der Waals surface area (Å²) >= 11 is 0. The van der Waals surface area contributed by atoms with Gasteiger partial charge in [0.05, 0.1) is 0 Å². The number of hydrogen-bond acceptors (Lipinski definition) is 2. The van der Waals surface area contributed by atoms with Gasteiger partial charge in [0.15, 0.2) is 0 Å². The van der Waals surface area contributed by atoms with Crippen molar-refractivity contribution >= 4 is 5.97 Å². The number of esters is 1. The van der Waals surface area contributed by atoms with Crippen molar-refractivity contribution in [3.05, 3.63) is 23.3 Å². The van der Waals surface area contributed by atoms with E-state index in [1.165, 1.54) is 38.5 Å². The molecule has 0 aromatic heterocycles. The van der Waals surface area contributed by atoms with Crippen molar-refractivity contribution < 1.29 is 9.53 Å². The van der Waals surface area contributed by atoms with Crippen molar-refractivity contribution in [2.45, 2.75) is 85.2 Å². The monoisotopic (exact) mass is 342 g/mol. The maximum absolute atomic E-state index is 11.4. The van der Waals surface area contributed by atoms with Crippen LogP contribution >= 0.6 is 0 Å². The molecule has 3 fully saturated rings. The van der Waals surface area contributed by atoms with Gasteiger partial charge in [0.2, 0.25) is 0 Å². The summed E-state index contributed by atoms with van der Waals surface area (Å²) in [5.74, 6) is 2.23. The molecule has 4 aliphatic rings. The zero-order valence-electron chi connectivity index (χ0n) is 16.4. The molecule has 0 aromatic carbocycles. The second-order valence-corrected chi connectivity index (χ2v) is 9.54. The Morgan fingerprint density at radius 3 is 2.72 bits per heavy atom. The summed E-state index contributed by atoms with van der Waals surface area (Å²) in [6.45, 7) is 8.83. The molecule has 0 saturated heterocycles. The molecule has 0 N–H and O–H groups in total. The van der Waals surface area contributed by atoms with Crippen LogP contribution in [0.1, 0.15) is 79.1 Å². The van der Waals surface area contributed by atoms with Crippen LogP contribution in [0.2, 0.25) is 0 Å². The van der Waals surface area contributed by atoms with Gasteiger partial charge in [-0.05, 0) is 86.9 Å². The van der Waals surface area contributed by atoms with E-state index < -0.39 is 0 Å². The molecular weight excluding hydrogens is 308 g/mol. The second-order valence-electron chi connectivity index (χ2n) is 9.54. The molecule has 25 heavy (non-hydrogen) atoms. The van der Waals surface area contributed by atoms with Gasteiger partial charge in [0.25, 0.3) is 0 Å². The van der Waals surface area contributed by atoms with Gasteiger partial charge in [-0.25, -0.2) is 0 Å². The van der Waals surface area contributed by atoms with E-state index in [9.17, 15) is 4.79 Å². The Bertz CT molecular complexity index is 630. The number of allylic oxidation sites excluding steroid dienone is 4. The minimum atomic E-state index is -0.111. The minimum Gasteiger partial charge on any atom is -0.463 e. The second kappa shape index (κ2) is 5.99. The lowest BCUT2D eigenvalue weighted by Crippen LogP contribution is -2.48. The van der Waals surface area contributed by atoms with Crippen LogP contribution in [0.25, 0.3) is 0 Å². The Morgan fingerprint density at radius 1 is 1.20 bits per heavy atom. The summed E-state index contributed by atoms with van der Waals surface area (Å²) in [5.41, 5.74) is 4.25. The molecule has 3 saturated carbocycles. The Hall–Kier alpha value is -1.05. The molecular formula is C23H34O2. The van der Waals surface area contributed by atoms with Crippen LogP contribution in [0, 0.1) is 28.6 Å². The number of carbonyl (C=O) groups excluding carboxylic acids is 1. The first kappa shape index (κ1) is 17.4. The molecule has 0 bridgehead atoms. The van der Waals surface area contributed by atoms with Gasteiger partial charge < -0.3 is 4.74 Å². The zero-order valence-corrected chi connectivity index (χ0v) is 16.4. The van der Waals surface area contributed by atoms with Gasteiger partial charge >= 0.3 is 5.97 Å². The van der Waals surface area contributed by atoms with Gasteiger partial charge in [0.1, 0.15) is 6.10 Å². The first-order valence-electron chi connectivity index (χ1n) is 10.4. The highest BCUT2D eigenvalue weighted by Crippen LogP contribution is 2.65. The van der Waals surface area contributed by atoms with Gasteiger partial charge in [-0.3, -0.25) is 4.79 Å². The van der Waals surface area contributed by atoms with Crippen molar-refractivity contribution in [2.24, 2.45) is 28.6 Å². The van der Waals surface area contributed by atoms with Crippen molar-refractivity contribution in [3.63, 3.8) is 0 Å². The zero-order chi connectivity index (χ0) is 17.8. The fraction of sp³-hybridized carbons (Fsp3) is 0.783. The van der Waals surface area contributed by atoms with E-state index in [-0.39, 0.29) is 12.1 Å². The maximum atomic E-state index is 11.4. The average molecular weight is 343 g/mol. The Balaban J connectivity index is 1.60. The Kier molecular flexibility index (Phi) is 4.16. The van der Waals surface area contributed by atoms with Crippen LogP contribution in [0.5, 0.6) is 0 Å². The summed E-state index contributed by atoms with van der Waals surface area (Å²) in [7, 11) is 0. The van der Waals surface area contributed by atoms with E-state index in [0.29, 0.717) is 16.7 Å². The van der Waals surface area contributed by atoms with Crippen LogP contribution < -0.4 is 0 Å². The quantitative estimate of drug-likeness (QED) is 0.443. The van der Waals surface area contributed by atoms with E-state index >= 15 is 0 Å². The van der Waals surface area contributed by atoms with E-state index in [4.69, 9.17) is 4.74 Å². The largest absolute Gasteiger partial charge is 0.463 e. The van der Waals surface area contributed by atoms with Crippen LogP contribution in [0.15, 0.2) is 23.3 Å². The molecule has 138 valence electrons. The number of rotatable bonds is 1. The smallest absolute Gasteiger partial charge is 0.302 e. The number of fused-ring (bicyclic) bond motifs is 5. The van der Waals surface area contributed by atoms with E-state index in [2.05, 4.69) is 32.9 Å². The first-order chi connectivity index (χ1) is 11.9. The molecule has 0 aromatic rings. The molecule has 0 spiro atoms. The van der Waals surface area contributed by atoms with Gasteiger partial charge in [0, 0.05) is 6.92 Å². The molecule has 6 unspecified atom stereocenters. The molecule has 0 aliphatic heterocycles. The lowest BCUT2D eigenvalue weighted by atomic mass is 9.49. The lowest BCUT2D eigenvalue weighted by molar-refractivity contribution is -0.151. The van der Waals surface area contributed by atoms with Crippen LogP contribution in [0.4, 0.5) is 0 Å². The summed E-state index contributed by atoms with van der Waals surface area (Å²) in [6, 6.07) is 0. The number of carbonyl (C=O) groups is 1. The van der Waals surface area contributed by atoms with Crippen molar-refractivity contribution in [1.82, 2.24) is 0 Å². The molecule has 4 aliphatic carbocycles. The molecule has 0 heterocycles. The minimum absolute atomic E-state index is 0.111.